The van der Waals surface area contributed by atoms with Crippen molar-refractivity contribution in [2.24, 2.45) is 5.92 Å². The molecule has 0 aromatic heterocycles. The largest absolute Gasteiger partial charge is 0.400 e. The third-order valence-electron chi connectivity index (χ3n) is 3.89. The highest BCUT2D eigenvalue weighted by Gasteiger charge is 2.26. The molecule has 0 heterocycles. The smallest absolute Gasteiger partial charge is 0.247 e. The first kappa shape index (κ1) is 21.8. The Morgan fingerprint density at radius 1 is 1.39 bits per heavy atom. The first-order valence-corrected chi connectivity index (χ1v) is 8.43. The fourth-order valence-electron chi connectivity index (χ4n) is 2.66. The number of methoxy groups -OCH3 is 1. The van der Waals surface area contributed by atoms with Crippen LogP contribution in [0.1, 0.15) is 59.3 Å². The van der Waals surface area contributed by atoms with Crippen molar-refractivity contribution in [3.63, 3.8) is 0 Å². The maximum absolute atomic E-state index is 12.2. The predicted molar refractivity (Wildman–Crippen MR) is 92.5 cm³/mol. The van der Waals surface area contributed by atoms with Gasteiger partial charge in [0, 0.05) is 26.6 Å². The van der Waals surface area contributed by atoms with Gasteiger partial charge in [0.2, 0.25) is 5.91 Å². The lowest BCUT2D eigenvalue weighted by molar-refractivity contribution is -0.182. The van der Waals surface area contributed by atoms with Gasteiger partial charge in [0.25, 0.3) is 0 Å². The molecule has 1 aliphatic rings. The van der Waals surface area contributed by atoms with Crippen molar-refractivity contribution < 1.29 is 19.5 Å². The maximum Gasteiger partial charge on any atom is 0.247 e. The number of carbonyl (C=O) groups is 1. The molecule has 134 valence electrons. The molecule has 1 rings (SSSR count). The molecule has 0 aromatic carbocycles. The Kier molecular flexibility index (Phi) is 12.6. The summed E-state index contributed by atoms with van der Waals surface area (Å²) in [5, 5.41) is 7.00. The summed E-state index contributed by atoms with van der Waals surface area (Å²) in [5.41, 5.74) is 5.26. The van der Waals surface area contributed by atoms with Gasteiger partial charge in [-0.15, -0.1) is 0 Å². The number of amides is 1. The molecule has 0 radical (unpaired) electrons. The second-order valence-corrected chi connectivity index (χ2v) is 5.43. The molecule has 5 heteroatoms. The van der Waals surface area contributed by atoms with E-state index in [9.17, 15) is 4.79 Å². The summed E-state index contributed by atoms with van der Waals surface area (Å²) in [6.45, 7) is 6.24. The van der Waals surface area contributed by atoms with E-state index in [1.54, 1.807) is 7.11 Å². The fraction of sp³-hybridized carbons (Fsp3) is 0.722. The van der Waals surface area contributed by atoms with Crippen LogP contribution in [0.15, 0.2) is 23.3 Å². The molecule has 2 atom stereocenters. The minimum absolute atomic E-state index is 0.00987. The highest BCUT2D eigenvalue weighted by Crippen LogP contribution is 2.33. The van der Waals surface area contributed by atoms with Crippen molar-refractivity contribution in [3.8, 4) is 0 Å². The van der Waals surface area contributed by atoms with E-state index < -0.39 is 0 Å². The summed E-state index contributed by atoms with van der Waals surface area (Å²) in [5.74, 6) is -0.0487. The third kappa shape index (κ3) is 7.77. The molecule has 0 bridgehead atoms. The van der Waals surface area contributed by atoms with E-state index in [2.05, 4.69) is 31.5 Å². The summed E-state index contributed by atoms with van der Waals surface area (Å²) >= 11 is 0. The summed E-state index contributed by atoms with van der Waals surface area (Å²) in [6, 6.07) is 0. The zero-order valence-corrected chi connectivity index (χ0v) is 15.2. The summed E-state index contributed by atoms with van der Waals surface area (Å²) in [4.78, 5) is 17.5. The van der Waals surface area contributed by atoms with E-state index in [1.807, 2.05) is 6.92 Å². The molecule has 0 aromatic rings. The van der Waals surface area contributed by atoms with Crippen LogP contribution in [0.4, 0.5) is 0 Å². The Hall–Kier alpha value is -1.17. The van der Waals surface area contributed by atoms with Gasteiger partial charge in [0.05, 0.1) is 0 Å². The van der Waals surface area contributed by atoms with Gasteiger partial charge in [-0.05, 0) is 43.8 Å². The van der Waals surface area contributed by atoms with Crippen LogP contribution in [-0.2, 0) is 14.4 Å². The molecule has 1 aliphatic carbocycles. The van der Waals surface area contributed by atoms with Crippen molar-refractivity contribution in [1.29, 1.82) is 0 Å². The Morgan fingerprint density at radius 3 is 2.61 bits per heavy atom. The molecule has 1 saturated carbocycles. The fourth-order valence-corrected chi connectivity index (χ4v) is 2.66. The number of allylic oxidation sites excluding steroid dienone is 4. The molecule has 23 heavy (non-hydrogen) atoms. The monoisotopic (exact) mass is 327 g/mol. The van der Waals surface area contributed by atoms with Gasteiger partial charge in [-0.25, -0.2) is 10.3 Å². The minimum atomic E-state index is -0.362. The third-order valence-corrected chi connectivity index (χ3v) is 3.89. The van der Waals surface area contributed by atoms with E-state index in [0.717, 1.165) is 45.6 Å². The Morgan fingerprint density at radius 2 is 2.09 bits per heavy atom. The Bertz CT molecular complexity index is 390. The van der Waals surface area contributed by atoms with E-state index in [0.29, 0.717) is 0 Å². The second-order valence-electron chi connectivity index (χ2n) is 5.43. The zero-order chi connectivity index (χ0) is 17.7. The SMILES string of the molecule is C/C=C1/CC(C(=O)NOC(CCC)OC)CC/C1=C/CC.CO. The molecular formula is C18H33NO4. The van der Waals surface area contributed by atoms with Crippen LogP contribution in [0.3, 0.4) is 0 Å². The molecule has 0 aliphatic heterocycles. The van der Waals surface area contributed by atoms with E-state index >= 15 is 0 Å². The van der Waals surface area contributed by atoms with Crippen molar-refractivity contribution in [3.05, 3.63) is 23.3 Å². The van der Waals surface area contributed by atoms with E-state index in [4.69, 9.17) is 14.7 Å². The highest BCUT2D eigenvalue weighted by atomic mass is 16.8. The van der Waals surface area contributed by atoms with Crippen LogP contribution in [0.25, 0.3) is 0 Å². The van der Waals surface area contributed by atoms with Gasteiger partial charge in [0.1, 0.15) is 0 Å². The highest BCUT2D eigenvalue weighted by molar-refractivity contribution is 5.78. The number of rotatable bonds is 7. The van der Waals surface area contributed by atoms with Gasteiger partial charge < -0.3 is 9.84 Å². The number of hydroxylamine groups is 1. The lowest BCUT2D eigenvalue weighted by Gasteiger charge is -2.26. The van der Waals surface area contributed by atoms with Gasteiger partial charge >= 0.3 is 0 Å². The van der Waals surface area contributed by atoms with Crippen molar-refractivity contribution in [2.75, 3.05) is 14.2 Å². The normalized spacial score (nSPS) is 22.4. The van der Waals surface area contributed by atoms with Crippen molar-refractivity contribution in [2.45, 2.75) is 65.6 Å². The lowest BCUT2D eigenvalue weighted by Crippen LogP contribution is -2.36. The molecular weight excluding hydrogens is 294 g/mol. The second kappa shape index (κ2) is 13.3. The molecule has 5 nitrogen and oxygen atoms in total. The number of aliphatic hydroxyl groups is 1. The summed E-state index contributed by atoms with van der Waals surface area (Å²) in [7, 11) is 2.59. The summed E-state index contributed by atoms with van der Waals surface area (Å²) in [6.07, 6.45) is 9.43. The number of hydrogen-bond donors (Lipinski definition) is 2. The Balaban J connectivity index is 0.00000232. The van der Waals surface area contributed by atoms with Crippen LogP contribution in [0, 0.1) is 5.92 Å². The average molecular weight is 327 g/mol. The first-order valence-electron chi connectivity index (χ1n) is 8.43. The average Bonchev–Trinajstić information content (AvgIpc) is 2.60. The first-order chi connectivity index (χ1) is 11.2. The van der Waals surface area contributed by atoms with Crippen molar-refractivity contribution in [1.82, 2.24) is 5.48 Å². The van der Waals surface area contributed by atoms with Gasteiger partial charge in [-0.1, -0.05) is 32.4 Å². The number of carbonyl (C=O) groups excluding carboxylic acids is 1. The maximum atomic E-state index is 12.2. The van der Waals surface area contributed by atoms with Gasteiger partial charge in [-0.3, -0.25) is 4.79 Å². The van der Waals surface area contributed by atoms with Crippen LogP contribution < -0.4 is 5.48 Å². The zero-order valence-electron chi connectivity index (χ0n) is 15.2. The number of nitrogens with one attached hydrogen (secondary N) is 1. The van der Waals surface area contributed by atoms with Crippen LogP contribution in [0.5, 0.6) is 0 Å². The topological polar surface area (TPSA) is 67.8 Å². The van der Waals surface area contributed by atoms with Gasteiger partial charge in [0.15, 0.2) is 6.29 Å². The molecule has 0 saturated heterocycles. The molecule has 2 N–H and O–H groups in total. The quantitative estimate of drug-likeness (QED) is 0.555. The molecule has 0 spiro atoms. The Labute approximate surface area is 140 Å². The van der Waals surface area contributed by atoms with E-state index in [-0.39, 0.29) is 18.1 Å². The van der Waals surface area contributed by atoms with E-state index in [1.165, 1.54) is 11.1 Å². The minimum Gasteiger partial charge on any atom is -0.400 e. The van der Waals surface area contributed by atoms with Crippen LogP contribution in [-0.4, -0.2) is 31.5 Å². The van der Waals surface area contributed by atoms with Gasteiger partial charge in [-0.2, -0.15) is 0 Å². The van der Waals surface area contributed by atoms with Crippen LogP contribution >= 0.6 is 0 Å². The summed E-state index contributed by atoms with van der Waals surface area (Å²) < 4.78 is 5.16. The van der Waals surface area contributed by atoms with Crippen molar-refractivity contribution >= 4 is 5.91 Å². The molecule has 2 unspecified atom stereocenters. The number of ether oxygens (including phenoxy) is 1. The molecule has 1 fully saturated rings. The predicted octanol–water partition coefficient (Wildman–Crippen LogP) is 3.50. The lowest BCUT2D eigenvalue weighted by atomic mass is 9.81. The molecule has 1 amide bonds. The number of hydrogen-bond acceptors (Lipinski definition) is 4. The standard InChI is InChI=1S/C17H29NO3.CH4O/c1-5-8-14-10-11-15(12-13(14)7-3)17(19)18-21-16(20-4)9-6-2;1-2/h7-8,15-16H,5-6,9-12H2,1-4H3,(H,18,19);2H,1H3/b13-7-,14-8-;. The number of aliphatic hydroxyl groups excluding tert-OH is 1. The van der Waals surface area contributed by atoms with Crippen LogP contribution in [0.2, 0.25) is 0 Å².